The summed E-state index contributed by atoms with van der Waals surface area (Å²) in [6.45, 7) is 0.977. The summed E-state index contributed by atoms with van der Waals surface area (Å²) in [6.07, 6.45) is -3.95. The highest BCUT2D eigenvalue weighted by molar-refractivity contribution is 6.05. The van der Waals surface area contributed by atoms with Crippen LogP contribution in [0.4, 0.5) is 23.7 Å². The number of benzene rings is 3. The number of alkyl halides is 3. The molecule has 0 bridgehead atoms. The van der Waals surface area contributed by atoms with E-state index in [-0.39, 0.29) is 11.8 Å². The number of nitrogens with zero attached hydrogens (tertiary/aromatic N) is 1. The molecule has 3 aromatic rings. The lowest BCUT2D eigenvalue weighted by Crippen LogP contribution is -2.45. The van der Waals surface area contributed by atoms with E-state index < -0.39 is 35.3 Å². The molecule has 4 rings (SSSR count). The Labute approximate surface area is 224 Å². The molecule has 1 aliphatic rings. The first-order valence-electron chi connectivity index (χ1n) is 12.4. The van der Waals surface area contributed by atoms with Gasteiger partial charge in [0.05, 0.1) is 18.2 Å². The number of ether oxygens (including phenoxy) is 1. The molecule has 1 saturated heterocycles. The van der Waals surface area contributed by atoms with Gasteiger partial charge in [0, 0.05) is 18.8 Å². The van der Waals surface area contributed by atoms with Crippen LogP contribution in [0, 0.1) is 0 Å². The number of hydrogen-bond donors (Lipinski definition) is 2. The quantitative estimate of drug-likeness (QED) is 0.417. The maximum atomic E-state index is 13.3. The van der Waals surface area contributed by atoms with Crippen LogP contribution >= 0.6 is 0 Å². The molecule has 39 heavy (non-hydrogen) atoms. The zero-order valence-corrected chi connectivity index (χ0v) is 21.2. The number of amides is 3. The van der Waals surface area contributed by atoms with Gasteiger partial charge in [0.25, 0.3) is 5.91 Å². The zero-order chi connectivity index (χ0) is 28.0. The number of hydrogen-bond acceptors (Lipinski definition) is 4. The summed E-state index contributed by atoms with van der Waals surface area (Å²) in [5.74, 6) is -0.897. The van der Waals surface area contributed by atoms with Crippen molar-refractivity contribution < 1.29 is 32.3 Å². The second-order valence-electron chi connectivity index (χ2n) is 9.20. The molecule has 1 aliphatic heterocycles. The Hall–Kier alpha value is -4.34. The van der Waals surface area contributed by atoms with Gasteiger partial charge in [0.1, 0.15) is 6.04 Å². The predicted molar refractivity (Wildman–Crippen MR) is 139 cm³/mol. The Morgan fingerprint density at radius 2 is 1.51 bits per heavy atom. The van der Waals surface area contributed by atoms with Crippen LogP contribution in [0.3, 0.4) is 0 Å². The van der Waals surface area contributed by atoms with Crippen LogP contribution < -0.4 is 10.6 Å². The lowest BCUT2D eigenvalue weighted by atomic mass is 9.89. The molecule has 1 heterocycles. The lowest BCUT2D eigenvalue weighted by molar-refractivity contribution is -0.138. The standard InChI is InChI=1S/C29H28F3N3O4/c1-39-28(38)34-25(21-7-3-2-4-8-21)27(37)35-17-15-20(16-18-35)19-11-13-22(14-12-19)33-26(36)23-9-5-6-10-24(23)29(30,31)32/h2-14,20,25H,15-18H2,1H3,(H,33,36)(H,34,38)/t25-/m1/s1. The molecule has 0 unspecified atom stereocenters. The van der Waals surface area contributed by atoms with Crippen molar-refractivity contribution in [2.45, 2.75) is 31.0 Å². The Morgan fingerprint density at radius 1 is 0.897 bits per heavy atom. The second-order valence-corrected chi connectivity index (χ2v) is 9.20. The molecule has 3 amide bonds. The largest absolute Gasteiger partial charge is 0.453 e. The summed E-state index contributed by atoms with van der Waals surface area (Å²) >= 11 is 0. The first-order valence-corrected chi connectivity index (χ1v) is 12.4. The molecule has 204 valence electrons. The normalized spacial score (nSPS) is 14.8. The maximum absolute atomic E-state index is 13.3. The Kier molecular flexibility index (Phi) is 8.53. The predicted octanol–water partition coefficient (Wildman–Crippen LogP) is 5.76. The zero-order valence-electron chi connectivity index (χ0n) is 21.2. The highest BCUT2D eigenvalue weighted by Crippen LogP contribution is 2.33. The van der Waals surface area contributed by atoms with Gasteiger partial charge in [-0.05, 0) is 54.2 Å². The third-order valence-corrected chi connectivity index (χ3v) is 6.75. The molecule has 10 heteroatoms. The number of carbonyl (C=O) groups is 3. The summed E-state index contributed by atoms with van der Waals surface area (Å²) < 4.78 is 44.5. The number of halogens is 3. The van der Waals surface area contributed by atoms with Crippen molar-refractivity contribution in [3.63, 3.8) is 0 Å². The third-order valence-electron chi connectivity index (χ3n) is 6.75. The summed E-state index contributed by atoms with van der Waals surface area (Å²) in [5, 5.41) is 5.15. The third kappa shape index (κ3) is 6.76. The van der Waals surface area contributed by atoms with Crippen molar-refractivity contribution in [1.82, 2.24) is 10.2 Å². The SMILES string of the molecule is COC(=O)N[C@@H](C(=O)N1CCC(c2ccc(NC(=O)c3ccccc3C(F)(F)F)cc2)CC1)c1ccccc1. The molecule has 0 aromatic heterocycles. The van der Waals surface area contributed by atoms with E-state index in [1.807, 2.05) is 18.2 Å². The van der Waals surface area contributed by atoms with Gasteiger partial charge in [-0.2, -0.15) is 13.2 Å². The number of rotatable bonds is 6. The van der Waals surface area contributed by atoms with Gasteiger partial charge in [-0.1, -0.05) is 54.6 Å². The molecule has 7 nitrogen and oxygen atoms in total. The minimum Gasteiger partial charge on any atom is -0.453 e. The molecule has 3 aromatic carbocycles. The topological polar surface area (TPSA) is 87.7 Å². The fourth-order valence-electron chi connectivity index (χ4n) is 4.69. The molecule has 0 spiro atoms. The minimum absolute atomic E-state index is 0.161. The van der Waals surface area contributed by atoms with Gasteiger partial charge in [-0.15, -0.1) is 0 Å². The lowest BCUT2D eigenvalue weighted by Gasteiger charge is -2.34. The molecule has 0 radical (unpaired) electrons. The smallest absolute Gasteiger partial charge is 0.417 e. The van der Waals surface area contributed by atoms with Crippen molar-refractivity contribution >= 4 is 23.6 Å². The molecule has 0 saturated carbocycles. The van der Waals surface area contributed by atoms with Gasteiger partial charge < -0.3 is 20.3 Å². The van der Waals surface area contributed by atoms with Crippen LogP contribution in [0.25, 0.3) is 0 Å². The number of alkyl carbamates (subject to hydrolysis) is 1. The highest BCUT2D eigenvalue weighted by Gasteiger charge is 2.35. The average Bonchev–Trinajstić information content (AvgIpc) is 2.96. The summed E-state index contributed by atoms with van der Waals surface area (Å²) in [4.78, 5) is 39.4. The average molecular weight is 540 g/mol. The van der Waals surface area contributed by atoms with Crippen molar-refractivity contribution in [3.05, 3.63) is 101 Å². The highest BCUT2D eigenvalue weighted by atomic mass is 19.4. The van der Waals surface area contributed by atoms with Crippen LogP contribution in [0.15, 0.2) is 78.9 Å². The van der Waals surface area contributed by atoms with Crippen LogP contribution in [-0.4, -0.2) is 43.0 Å². The molecular formula is C29H28F3N3O4. The van der Waals surface area contributed by atoms with Crippen molar-refractivity contribution in [1.29, 1.82) is 0 Å². The first-order chi connectivity index (χ1) is 18.7. The van der Waals surface area contributed by atoms with Crippen LogP contribution in [0.2, 0.25) is 0 Å². The van der Waals surface area contributed by atoms with E-state index in [0.29, 0.717) is 37.2 Å². The Balaban J connectivity index is 1.37. The van der Waals surface area contributed by atoms with Crippen LogP contribution in [-0.2, 0) is 15.7 Å². The summed E-state index contributed by atoms with van der Waals surface area (Å²) in [7, 11) is 1.24. The van der Waals surface area contributed by atoms with Gasteiger partial charge in [-0.3, -0.25) is 9.59 Å². The maximum Gasteiger partial charge on any atom is 0.417 e. The van der Waals surface area contributed by atoms with Crippen molar-refractivity contribution in [2.75, 3.05) is 25.5 Å². The van der Waals surface area contributed by atoms with E-state index in [1.165, 1.54) is 19.2 Å². The first kappa shape index (κ1) is 27.7. The molecule has 1 atom stereocenters. The summed E-state index contributed by atoms with van der Waals surface area (Å²) in [5.41, 5.74) is 0.611. The van der Waals surface area contributed by atoms with E-state index in [1.54, 1.807) is 41.3 Å². The summed E-state index contributed by atoms with van der Waals surface area (Å²) in [6, 6.07) is 19.7. The number of likely N-dealkylation sites (tertiary alicyclic amines) is 1. The Bertz CT molecular complexity index is 1310. The number of methoxy groups -OCH3 is 1. The van der Waals surface area contributed by atoms with E-state index in [2.05, 4.69) is 10.6 Å². The Morgan fingerprint density at radius 3 is 2.13 bits per heavy atom. The van der Waals surface area contributed by atoms with Gasteiger partial charge in [-0.25, -0.2) is 4.79 Å². The number of carbonyl (C=O) groups excluding carboxylic acids is 3. The molecular weight excluding hydrogens is 511 g/mol. The van der Waals surface area contributed by atoms with Crippen LogP contribution in [0.5, 0.6) is 0 Å². The second kappa shape index (κ2) is 12.0. The monoisotopic (exact) mass is 539 g/mol. The van der Waals surface area contributed by atoms with Crippen molar-refractivity contribution in [3.8, 4) is 0 Å². The fraction of sp³-hybridized carbons (Fsp3) is 0.276. The molecule has 1 fully saturated rings. The van der Waals surface area contributed by atoms with E-state index in [0.717, 1.165) is 17.7 Å². The molecule has 2 N–H and O–H groups in total. The fourth-order valence-corrected chi connectivity index (χ4v) is 4.69. The number of piperidine rings is 1. The number of nitrogens with one attached hydrogen (secondary N) is 2. The van der Waals surface area contributed by atoms with Crippen molar-refractivity contribution in [2.24, 2.45) is 0 Å². The van der Waals surface area contributed by atoms with E-state index in [9.17, 15) is 27.6 Å². The van der Waals surface area contributed by atoms with E-state index >= 15 is 0 Å². The van der Waals surface area contributed by atoms with Gasteiger partial charge in [0.2, 0.25) is 5.91 Å². The van der Waals surface area contributed by atoms with Crippen LogP contribution in [0.1, 0.15) is 51.8 Å². The van der Waals surface area contributed by atoms with Gasteiger partial charge >= 0.3 is 12.3 Å². The number of anilines is 1. The van der Waals surface area contributed by atoms with Gasteiger partial charge in [0.15, 0.2) is 0 Å². The molecule has 0 aliphatic carbocycles. The minimum atomic E-state index is -4.63. The van der Waals surface area contributed by atoms with E-state index in [4.69, 9.17) is 4.74 Å².